The maximum absolute atomic E-state index is 13.5. The molecule has 1 amide bonds. The highest BCUT2D eigenvalue weighted by Gasteiger charge is 2.35. The molecule has 168 valence electrons. The van der Waals surface area contributed by atoms with Crippen LogP contribution in [0.5, 0.6) is 0 Å². The van der Waals surface area contributed by atoms with E-state index in [4.69, 9.17) is 4.99 Å². The molecule has 0 radical (unpaired) electrons. The number of para-hydroxylation sites is 1. The lowest BCUT2D eigenvalue weighted by Gasteiger charge is -2.34. The zero-order valence-electron chi connectivity index (χ0n) is 19.5. The molecule has 0 atom stereocenters. The fourth-order valence-electron chi connectivity index (χ4n) is 5.13. The standard InChI is InChI=1S/C29H31N3O/c1-21-16-22(2)18-25(17-21)30-28-26-10-6-7-11-27(26)32(29(28)33)20-31-14-12-24(13-15-31)19-23-8-4-3-5-9-23/h3-11,16-18,24H,12-15,19-20H2,1-2H3. The van der Waals surface area contributed by atoms with E-state index in [2.05, 4.69) is 55.1 Å². The summed E-state index contributed by atoms with van der Waals surface area (Å²) in [6.45, 7) is 6.80. The average Bonchev–Trinajstić information content (AvgIpc) is 3.06. The topological polar surface area (TPSA) is 35.9 Å². The second-order valence-electron chi connectivity index (χ2n) is 9.45. The Morgan fingerprint density at radius 1 is 0.879 bits per heavy atom. The van der Waals surface area contributed by atoms with E-state index in [1.165, 1.54) is 18.4 Å². The third-order valence-corrected chi connectivity index (χ3v) is 6.76. The number of piperidine rings is 1. The molecule has 5 rings (SSSR count). The molecule has 4 nitrogen and oxygen atoms in total. The molecule has 2 aliphatic rings. The van der Waals surface area contributed by atoms with Crippen LogP contribution in [0.4, 0.5) is 11.4 Å². The van der Waals surface area contributed by atoms with E-state index < -0.39 is 0 Å². The van der Waals surface area contributed by atoms with Gasteiger partial charge in [-0.3, -0.25) is 14.6 Å². The van der Waals surface area contributed by atoms with Gasteiger partial charge in [0.25, 0.3) is 5.91 Å². The molecule has 0 N–H and O–H groups in total. The maximum atomic E-state index is 13.5. The van der Waals surface area contributed by atoms with Crippen LogP contribution in [-0.2, 0) is 11.2 Å². The van der Waals surface area contributed by atoms with E-state index in [1.54, 1.807) is 0 Å². The minimum atomic E-state index is 0.00164. The molecule has 2 aliphatic heterocycles. The van der Waals surface area contributed by atoms with Crippen LogP contribution in [0.1, 0.15) is 35.1 Å². The number of likely N-dealkylation sites (tertiary alicyclic amines) is 1. The first-order valence-corrected chi connectivity index (χ1v) is 11.9. The Morgan fingerprint density at radius 2 is 1.55 bits per heavy atom. The van der Waals surface area contributed by atoms with Gasteiger partial charge in [-0.25, -0.2) is 4.99 Å². The Balaban J connectivity index is 1.30. The number of hydrogen-bond donors (Lipinski definition) is 0. The predicted octanol–water partition coefficient (Wildman–Crippen LogP) is 5.68. The number of aryl methyl sites for hydroxylation is 2. The number of amides is 1. The van der Waals surface area contributed by atoms with Crippen molar-refractivity contribution in [2.75, 3.05) is 24.7 Å². The Bertz CT molecular complexity index is 1160. The number of carbonyl (C=O) groups excluding carboxylic acids is 1. The maximum Gasteiger partial charge on any atom is 0.278 e. The molecular weight excluding hydrogens is 406 g/mol. The molecule has 1 saturated heterocycles. The summed E-state index contributed by atoms with van der Waals surface area (Å²) in [6.07, 6.45) is 3.48. The van der Waals surface area contributed by atoms with Crippen molar-refractivity contribution in [3.05, 3.63) is 95.1 Å². The lowest BCUT2D eigenvalue weighted by Crippen LogP contribution is -2.44. The third kappa shape index (κ3) is 4.76. The number of carbonyl (C=O) groups is 1. The van der Waals surface area contributed by atoms with Crippen LogP contribution >= 0.6 is 0 Å². The summed E-state index contributed by atoms with van der Waals surface area (Å²) in [4.78, 5) is 22.6. The van der Waals surface area contributed by atoms with Gasteiger partial charge in [-0.05, 0) is 73.9 Å². The van der Waals surface area contributed by atoms with E-state index in [0.29, 0.717) is 18.3 Å². The first-order chi connectivity index (χ1) is 16.1. The minimum Gasteiger partial charge on any atom is -0.293 e. The highest BCUT2D eigenvalue weighted by molar-refractivity contribution is 6.54. The van der Waals surface area contributed by atoms with Crippen molar-refractivity contribution >= 4 is 23.0 Å². The second kappa shape index (κ2) is 9.32. The van der Waals surface area contributed by atoms with Crippen LogP contribution in [0.15, 0.2) is 77.8 Å². The quantitative estimate of drug-likeness (QED) is 0.515. The van der Waals surface area contributed by atoms with Gasteiger partial charge in [-0.15, -0.1) is 0 Å². The lowest BCUT2D eigenvalue weighted by atomic mass is 9.90. The monoisotopic (exact) mass is 437 g/mol. The van der Waals surface area contributed by atoms with Crippen molar-refractivity contribution in [2.45, 2.75) is 33.1 Å². The van der Waals surface area contributed by atoms with Crippen LogP contribution in [0.25, 0.3) is 0 Å². The summed E-state index contributed by atoms with van der Waals surface area (Å²) in [5.41, 5.74) is 7.03. The molecular formula is C29H31N3O. The van der Waals surface area contributed by atoms with Gasteiger partial charge in [0.05, 0.1) is 18.0 Å². The first kappa shape index (κ1) is 21.6. The first-order valence-electron chi connectivity index (χ1n) is 11.9. The number of fused-ring (bicyclic) bond motifs is 1. The summed E-state index contributed by atoms with van der Waals surface area (Å²) in [6, 6.07) is 25.0. The largest absolute Gasteiger partial charge is 0.293 e. The summed E-state index contributed by atoms with van der Waals surface area (Å²) in [5, 5.41) is 0. The van der Waals surface area contributed by atoms with Crippen LogP contribution in [0.3, 0.4) is 0 Å². The third-order valence-electron chi connectivity index (χ3n) is 6.76. The fourth-order valence-corrected chi connectivity index (χ4v) is 5.13. The summed E-state index contributed by atoms with van der Waals surface area (Å²) < 4.78 is 0. The number of aliphatic imine (C=N–C) groups is 1. The van der Waals surface area contributed by atoms with E-state index >= 15 is 0 Å². The SMILES string of the molecule is Cc1cc(C)cc(N=C2C(=O)N(CN3CCC(Cc4ccccc4)CC3)c3ccccc32)c1. The predicted molar refractivity (Wildman–Crippen MR) is 135 cm³/mol. The number of anilines is 1. The van der Waals surface area contributed by atoms with Crippen molar-refractivity contribution in [3.8, 4) is 0 Å². The van der Waals surface area contributed by atoms with Crippen LogP contribution in [0, 0.1) is 19.8 Å². The zero-order valence-corrected chi connectivity index (χ0v) is 19.5. The molecule has 3 aromatic carbocycles. The van der Waals surface area contributed by atoms with Gasteiger partial charge in [-0.2, -0.15) is 0 Å². The molecule has 1 fully saturated rings. The highest BCUT2D eigenvalue weighted by Crippen LogP contribution is 2.32. The molecule has 0 aliphatic carbocycles. The van der Waals surface area contributed by atoms with Gasteiger partial charge in [0, 0.05) is 18.7 Å². The summed E-state index contributed by atoms with van der Waals surface area (Å²) in [5.74, 6) is 0.716. The molecule has 0 saturated carbocycles. The van der Waals surface area contributed by atoms with Crippen LogP contribution in [-0.4, -0.2) is 36.3 Å². The van der Waals surface area contributed by atoms with Gasteiger partial charge < -0.3 is 0 Å². The molecule has 0 spiro atoms. The summed E-state index contributed by atoms with van der Waals surface area (Å²) >= 11 is 0. The van der Waals surface area contributed by atoms with E-state index in [0.717, 1.165) is 47.6 Å². The van der Waals surface area contributed by atoms with Crippen molar-refractivity contribution in [1.82, 2.24) is 4.90 Å². The fraction of sp³-hybridized carbons (Fsp3) is 0.310. The molecule has 33 heavy (non-hydrogen) atoms. The van der Waals surface area contributed by atoms with Gasteiger partial charge in [-0.1, -0.05) is 54.6 Å². The molecule has 0 bridgehead atoms. The normalized spacial score (nSPS) is 18.2. The van der Waals surface area contributed by atoms with Crippen LogP contribution < -0.4 is 4.90 Å². The minimum absolute atomic E-state index is 0.00164. The Hall–Kier alpha value is -3.24. The second-order valence-corrected chi connectivity index (χ2v) is 9.45. The van der Waals surface area contributed by atoms with Gasteiger partial charge in [0.2, 0.25) is 0 Å². The van der Waals surface area contributed by atoms with Gasteiger partial charge >= 0.3 is 0 Å². The van der Waals surface area contributed by atoms with E-state index in [-0.39, 0.29) is 5.91 Å². The Labute approximate surface area is 196 Å². The van der Waals surface area contributed by atoms with Gasteiger partial charge in [0.15, 0.2) is 0 Å². The lowest BCUT2D eigenvalue weighted by molar-refractivity contribution is -0.112. The number of nitrogens with zero attached hydrogens (tertiary/aromatic N) is 3. The van der Waals surface area contributed by atoms with Gasteiger partial charge in [0.1, 0.15) is 5.71 Å². The van der Waals surface area contributed by atoms with Crippen molar-refractivity contribution in [1.29, 1.82) is 0 Å². The molecule has 4 heteroatoms. The smallest absolute Gasteiger partial charge is 0.278 e. The molecule has 0 aromatic heterocycles. The molecule has 2 heterocycles. The molecule has 3 aromatic rings. The van der Waals surface area contributed by atoms with E-state index in [1.807, 2.05) is 41.3 Å². The Kier molecular flexibility index (Phi) is 6.10. The van der Waals surface area contributed by atoms with E-state index in [9.17, 15) is 4.79 Å². The average molecular weight is 438 g/mol. The number of rotatable bonds is 5. The van der Waals surface area contributed by atoms with Crippen molar-refractivity contribution < 1.29 is 4.79 Å². The number of benzene rings is 3. The zero-order chi connectivity index (χ0) is 22.8. The summed E-state index contributed by atoms with van der Waals surface area (Å²) in [7, 11) is 0. The van der Waals surface area contributed by atoms with Crippen LogP contribution in [0.2, 0.25) is 0 Å². The highest BCUT2D eigenvalue weighted by atomic mass is 16.2. The Morgan fingerprint density at radius 3 is 2.27 bits per heavy atom. The van der Waals surface area contributed by atoms with Crippen molar-refractivity contribution in [3.63, 3.8) is 0 Å². The molecule has 0 unspecified atom stereocenters. The van der Waals surface area contributed by atoms with Crippen molar-refractivity contribution in [2.24, 2.45) is 10.9 Å². The number of hydrogen-bond acceptors (Lipinski definition) is 3.